The van der Waals surface area contributed by atoms with Gasteiger partial charge in [0.2, 0.25) is 5.95 Å². The van der Waals surface area contributed by atoms with Crippen LogP contribution in [0.2, 0.25) is 0 Å². The Balaban J connectivity index is 1.14. The molecule has 2 aliphatic carbocycles. The second kappa shape index (κ2) is 8.91. The number of piperidine rings is 1. The van der Waals surface area contributed by atoms with Crippen molar-refractivity contribution < 1.29 is 18.3 Å². The van der Waals surface area contributed by atoms with E-state index in [0.29, 0.717) is 29.5 Å². The first kappa shape index (κ1) is 26.5. The number of aliphatic hydroxyl groups is 1. The summed E-state index contributed by atoms with van der Waals surface area (Å²) in [4.78, 5) is 11.9. The molecule has 1 aromatic carbocycles. The summed E-state index contributed by atoms with van der Waals surface area (Å²) in [5.41, 5.74) is 2.72. The maximum Gasteiger partial charge on any atom is 0.229 e. The molecular formula is C29H39N5O4S. The first-order valence-corrected chi connectivity index (χ1v) is 15.3. The number of aryl methyl sites for hydroxylation is 1. The van der Waals surface area contributed by atoms with Crippen molar-refractivity contribution in [2.24, 2.45) is 5.41 Å². The van der Waals surface area contributed by atoms with E-state index >= 15 is 0 Å². The minimum Gasteiger partial charge on any atom is -0.390 e. The fraction of sp³-hybridized carbons (Fsp3) is 0.586. The van der Waals surface area contributed by atoms with Crippen LogP contribution in [0, 0.1) is 12.3 Å². The quantitative estimate of drug-likeness (QED) is 0.482. The molecule has 39 heavy (non-hydrogen) atoms. The molecule has 2 aromatic rings. The second-order valence-corrected chi connectivity index (χ2v) is 14.9. The Morgan fingerprint density at radius 2 is 1.95 bits per heavy atom. The minimum atomic E-state index is -3.39. The van der Waals surface area contributed by atoms with Gasteiger partial charge in [0.15, 0.2) is 9.84 Å². The standard InChI is InChI=1S/C29H39N5O4S/c1-18(2)34-10-8-28(9-11-34)13-21(14-28)39(36,37)20-6-7-23(19(3)12-20)31-26-30-15-22-24(33-26)32-25(38-5)29(22)16-27(4,35)17-29/h6-7,12,15,21,25,35H,1,8-11,13-14,16-17H2,2-5H3,(H2,30,31,32,33). The Morgan fingerprint density at radius 1 is 1.26 bits per heavy atom. The molecule has 6 rings (SSSR count). The van der Waals surface area contributed by atoms with Crippen molar-refractivity contribution in [3.63, 3.8) is 0 Å². The summed E-state index contributed by atoms with van der Waals surface area (Å²) < 4.78 is 32.6. The Morgan fingerprint density at radius 3 is 2.54 bits per heavy atom. The molecule has 9 nitrogen and oxygen atoms in total. The highest BCUT2D eigenvalue weighted by molar-refractivity contribution is 7.92. The van der Waals surface area contributed by atoms with Gasteiger partial charge in [-0.15, -0.1) is 0 Å². The van der Waals surface area contributed by atoms with E-state index in [1.165, 1.54) is 0 Å². The van der Waals surface area contributed by atoms with Crippen molar-refractivity contribution in [2.45, 2.75) is 86.7 Å². The predicted octanol–water partition coefficient (Wildman–Crippen LogP) is 4.26. The molecule has 3 fully saturated rings. The predicted molar refractivity (Wildman–Crippen MR) is 151 cm³/mol. The van der Waals surface area contributed by atoms with Gasteiger partial charge in [0, 0.05) is 43.3 Å². The van der Waals surface area contributed by atoms with Crippen LogP contribution in [0.25, 0.3) is 0 Å². The van der Waals surface area contributed by atoms with E-state index in [1.807, 2.05) is 20.8 Å². The van der Waals surface area contributed by atoms with E-state index in [2.05, 4.69) is 32.1 Å². The van der Waals surface area contributed by atoms with Crippen LogP contribution in [0.5, 0.6) is 0 Å². The van der Waals surface area contributed by atoms with Crippen LogP contribution >= 0.6 is 0 Å². The van der Waals surface area contributed by atoms with Crippen molar-refractivity contribution in [1.82, 2.24) is 14.9 Å². The monoisotopic (exact) mass is 553 g/mol. The first-order chi connectivity index (χ1) is 18.4. The molecule has 0 bridgehead atoms. The third-order valence-electron chi connectivity index (χ3n) is 9.62. The number of anilines is 3. The van der Waals surface area contributed by atoms with Gasteiger partial charge in [-0.1, -0.05) is 6.58 Å². The number of nitrogens with zero attached hydrogens (tertiary/aromatic N) is 3. The van der Waals surface area contributed by atoms with Crippen LogP contribution in [0.15, 0.2) is 41.6 Å². The Hall–Kier alpha value is -2.69. The summed E-state index contributed by atoms with van der Waals surface area (Å²) >= 11 is 0. The molecule has 10 heteroatoms. The number of methoxy groups -OCH3 is 1. The van der Waals surface area contributed by atoms with Crippen LogP contribution in [-0.4, -0.2) is 65.7 Å². The van der Waals surface area contributed by atoms with Crippen LogP contribution in [0.3, 0.4) is 0 Å². The van der Waals surface area contributed by atoms with Gasteiger partial charge in [0.05, 0.1) is 21.2 Å². The van der Waals surface area contributed by atoms with Gasteiger partial charge in [-0.05, 0) is 88.5 Å². The molecule has 1 unspecified atom stereocenters. The van der Waals surface area contributed by atoms with Gasteiger partial charge >= 0.3 is 0 Å². The molecule has 4 aliphatic rings. The Labute approximate surface area is 231 Å². The smallest absolute Gasteiger partial charge is 0.229 e. The fourth-order valence-electron chi connectivity index (χ4n) is 7.45. The SMILES string of the molecule is C=C(C)N1CCC2(CC1)CC(S(=O)(=O)c1ccc(Nc3ncc4c(n3)NC(OC)C43CC(C)(O)C3)c(C)c1)C2. The van der Waals surface area contributed by atoms with E-state index in [-0.39, 0.29) is 22.3 Å². The molecular weight excluding hydrogens is 514 g/mol. The number of nitrogens with one attached hydrogen (secondary N) is 2. The molecule has 2 spiro atoms. The van der Waals surface area contributed by atoms with E-state index in [9.17, 15) is 13.5 Å². The second-order valence-electron chi connectivity index (χ2n) is 12.6. The third kappa shape index (κ3) is 4.31. The van der Waals surface area contributed by atoms with Gasteiger partial charge in [-0.3, -0.25) is 0 Å². The summed E-state index contributed by atoms with van der Waals surface area (Å²) in [6.07, 6.45) is 6.25. The van der Waals surface area contributed by atoms with Gasteiger partial charge in [0.1, 0.15) is 12.0 Å². The molecule has 0 radical (unpaired) electrons. The van der Waals surface area contributed by atoms with Crippen molar-refractivity contribution in [1.29, 1.82) is 0 Å². The normalized spacial score (nSPS) is 24.5. The zero-order chi connectivity index (χ0) is 27.8. The summed E-state index contributed by atoms with van der Waals surface area (Å²) in [5.74, 6) is 1.11. The first-order valence-electron chi connectivity index (χ1n) is 13.8. The van der Waals surface area contributed by atoms with E-state index < -0.39 is 15.4 Å². The lowest BCUT2D eigenvalue weighted by molar-refractivity contribution is -0.117. The van der Waals surface area contributed by atoms with Gasteiger partial charge < -0.3 is 25.4 Å². The lowest BCUT2D eigenvalue weighted by Crippen LogP contribution is -2.58. The molecule has 1 atom stereocenters. The molecule has 2 saturated carbocycles. The maximum atomic E-state index is 13.5. The summed E-state index contributed by atoms with van der Waals surface area (Å²) in [5, 5.41) is 16.7. The fourth-order valence-corrected chi connectivity index (χ4v) is 9.58. The van der Waals surface area contributed by atoms with Crippen molar-refractivity contribution in [2.75, 3.05) is 30.8 Å². The molecule has 2 aliphatic heterocycles. The van der Waals surface area contributed by atoms with Crippen LogP contribution in [0.1, 0.15) is 63.5 Å². The minimum absolute atomic E-state index is 0.162. The highest BCUT2D eigenvalue weighted by Crippen LogP contribution is 2.57. The van der Waals surface area contributed by atoms with E-state index in [1.54, 1.807) is 31.5 Å². The Bertz CT molecular complexity index is 1420. The van der Waals surface area contributed by atoms with Crippen molar-refractivity contribution in [3.8, 4) is 0 Å². The molecule has 210 valence electrons. The number of fused-ring (bicyclic) bond motifs is 2. The lowest BCUT2D eigenvalue weighted by Gasteiger charge is -2.52. The largest absolute Gasteiger partial charge is 0.390 e. The number of hydrogen-bond donors (Lipinski definition) is 3. The number of likely N-dealkylation sites (tertiary alicyclic amines) is 1. The average Bonchev–Trinajstić information content (AvgIpc) is 3.15. The highest BCUT2D eigenvalue weighted by atomic mass is 32.2. The summed E-state index contributed by atoms with van der Waals surface area (Å²) in [7, 11) is -1.74. The highest BCUT2D eigenvalue weighted by Gasteiger charge is 2.61. The molecule has 1 saturated heterocycles. The van der Waals surface area contributed by atoms with Crippen LogP contribution in [-0.2, 0) is 20.0 Å². The lowest BCUT2D eigenvalue weighted by atomic mass is 9.57. The maximum absolute atomic E-state index is 13.5. The van der Waals surface area contributed by atoms with Gasteiger partial charge in [0.25, 0.3) is 0 Å². The number of benzene rings is 1. The zero-order valence-electron chi connectivity index (χ0n) is 23.2. The number of hydrogen-bond acceptors (Lipinski definition) is 9. The molecule has 1 aromatic heterocycles. The zero-order valence-corrected chi connectivity index (χ0v) is 24.1. The number of ether oxygens (including phenoxy) is 1. The number of rotatable bonds is 6. The van der Waals surface area contributed by atoms with Crippen LogP contribution < -0.4 is 10.6 Å². The number of allylic oxidation sites excluding steroid dienone is 1. The number of sulfone groups is 1. The molecule has 0 amide bonds. The van der Waals surface area contributed by atoms with E-state index in [0.717, 1.165) is 61.3 Å². The van der Waals surface area contributed by atoms with E-state index in [4.69, 9.17) is 4.74 Å². The summed E-state index contributed by atoms with van der Waals surface area (Å²) in [6, 6.07) is 5.25. The topological polar surface area (TPSA) is 117 Å². The Kier molecular flexibility index (Phi) is 6.06. The van der Waals surface area contributed by atoms with Gasteiger partial charge in [-0.25, -0.2) is 13.4 Å². The molecule has 3 N–H and O–H groups in total. The van der Waals surface area contributed by atoms with Crippen LogP contribution in [0.4, 0.5) is 17.5 Å². The molecule has 3 heterocycles. The van der Waals surface area contributed by atoms with Crippen molar-refractivity contribution in [3.05, 3.63) is 47.8 Å². The summed E-state index contributed by atoms with van der Waals surface area (Å²) in [6.45, 7) is 11.7. The van der Waals surface area contributed by atoms with Gasteiger partial charge in [-0.2, -0.15) is 4.98 Å². The van der Waals surface area contributed by atoms with Crippen molar-refractivity contribution >= 4 is 27.3 Å². The third-order valence-corrected chi connectivity index (χ3v) is 11.7. The number of aromatic nitrogens is 2. The average molecular weight is 554 g/mol.